The van der Waals surface area contributed by atoms with Gasteiger partial charge in [0.15, 0.2) is 5.82 Å². The standard InChI is InChI=1S/C17H22N6O2/c1-25-12-5-14(24)23-10-3-13(4-11-23)15-16(19-9-8-18-15)22-17-20-6-2-7-21-17/h2,6-9,13H,3-5,10-12H2,1H3,(H,19,20,21,22). The summed E-state index contributed by atoms with van der Waals surface area (Å²) in [6, 6.07) is 1.76. The topological polar surface area (TPSA) is 93.1 Å². The average molecular weight is 342 g/mol. The van der Waals surface area contributed by atoms with Crippen molar-refractivity contribution in [2.24, 2.45) is 0 Å². The maximum atomic E-state index is 12.1. The monoisotopic (exact) mass is 342 g/mol. The molecule has 2 aromatic rings. The van der Waals surface area contributed by atoms with Crippen LogP contribution in [0.5, 0.6) is 0 Å². The number of piperidine rings is 1. The van der Waals surface area contributed by atoms with Crippen molar-refractivity contribution in [3.63, 3.8) is 0 Å². The minimum absolute atomic E-state index is 0.149. The van der Waals surface area contributed by atoms with Gasteiger partial charge >= 0.3 is 0 Å². The molecule has 1 amide bonds. The van der Waals surface area contributed by atoms with Crippen LogP contribution < -0.4 is 5.32 Å². The molecular formula is C17H22N6O2. The molecule has 0 unspecified atom stereocenters. The minimum atomic E-state index is 0.149. The summed E-state index contributed by atoms with van der Waals surface area (Å²) in [4.78, 5) is 31.2. The van der Waals surface area contributed by atoms with Crippen molar-refractivity contribution >= 4 is 17.7 Å². The Bertz CT molecular complexity index is 689. The first-order valence-corrected chi connectivity index (χ1v) is 8.39. The fraction of sp³-hybridized carbons (Fsp3) is 0.471. The Morgan fingerprint density at radius 1 is 1.16 bits per heavy atom. The van der Waals surface area contributed by atoms with E-state index in [0.29, 0.717) is 24.8 Å². The molecule has 1 fully saturated rings. The Morgan fingerprint density at radius 2 is 1.88 bits per heavy atom. The van der Waals surface area contributed by atoms with Crippen molar-refractivity contribution in [2.45, 2.75) is 25.2 Å². The Labute approximate surface area is 146 Å². The Balaban J connectivity index is 1.64. The molecule has 0 aliphatic carbocycles. The van der Waals surface area contributed by atoms with E-state index in [1.165, 1.54) is 0 Å². The van der Waals surface area contributed by atoms with Gasteiger partial charge in [-0.15, -0.1) is 0 Å². The highest BCUT2D eigenvalue weighted by Gasteiger charge is 2.26. The first kappa shape index (κ1) is 17.2. The summed E-state index contributed by atoms with van der Waals surface area (Å²) in [5.74, 6) is 1.58. The molecule has 0 saturated carbocycles. The van der Waals surface area contributed by atoms with E-state index in [1.807, 2.05) is 4.90 Å². The number of carbonyl (C=O) groups excluding carboxylic acids is 1. The summed E-state index contributed by atoms with van der Waals surface area (Å²) in [6.45, 7) is 1.92. The van der Waals surface area contributed by atoms with Gasteiger partial charge in [-0.25, -0.2) is 15.0 Å². The lowest BCUT2D eigenvalue weighted by atomic mass is 9.93. The lowest BCUT2D eigenvalue weighted by Gasteiger charge is -2.32. The lowest BCUT2D eigenvalue weighted by molar-refractivity contribution is -0.133. The predicted octanol–water partition coefficient (Wildman–Crippen LogP) is 1.75. The number of nitrogens with one attached hydrogen (secondary N) is 1. The van der Waals surface area contributed by atoms with E-state index in [9.17, 15) is 4.79 Å². The zero-order valence-electron chi connectivity index (χ0n) is 14.3. The largest absolute Gasteiger partial charge is 0.384 e. The van der Waals surface area contributed by atoms with Gasteiger partial charge in [0.25, 0.3) is 0 Å². The van der Waals surface area contributed by atoms with Crippen LogP contribution in [0.2, 0.25) is 0 Å². The van der Waals surface area contributed by atoms with Gasteiger partial charge in [0, 0.05) is 50.9 Å². The fourth-order valence-corrected chi connectivity index (χ4v) is 2.96. The first-order chi connectivity index (χ1) is 12.3. The van der Waals surface area contributed by atoms with Crippen molar-refractivity contribution in [2.75, 3.05) is 32.1 Å². The van der Waals surface area contributed by atoms with Crippen LogP contribution in [0.25, 0.3) is 0 Å². The normalized spacial score (nSPS) is 15.2. The molecule has 0 spiro atoms. The van der Waals surface area contributed by atoms with Crippen molar-refractivity contribution in [1.29, 1.82) is 0 Å². The summed E-state index contributed by atoms with van der Waals surface area (Å²) in [5.41, 5.74) is 0.902. The van der Waals surface area contributed by atoms with Crippen LogP contribution in [0.4, 0.5) is 11.8 Å². The minimum Gasteiger partial charge on any atom is -0.384 e. The highest BCUT2D eigenvalue weighted by molar-refractivity contribution is 5.76. The van der Waals surface area contributed by atoms with Crippen LogP contribution >= 0.6 is 0 Å². The van der Waals surface area contributed by atoms with Crippen molar-refractivity contribution in [3.05, 3.63) is 36.5 Å². The van der Waals surface area contributed by atoms with Gasteiger partial charge in [0.1, 0.15) is 0 Å². The zero-order valence-corrected chi connectivity index (χ0v) is 14.3. The Morgan fingerprint density at radius 3 is 2.60 bits per heavy atom. The SMILES string of the molecule is COCCC(=O)N1CCC(c2nccnc2Nc2ncccn2)CC1. The highest BCUT2D eigenvalue weighted by atomic mass is 16.5. The fourth-order valence-electron chi connectivity index (χ4n) is 2.96. The summed E-state index contributed by atoms with van der Waals surface area (Å²) in [5, 5.41) is 3.14. The predicted molar refractivity (Wildman–Crippen MR) is 92.4 cm³/mol. The van der Waals surface area contributed by atoms with E-state index in [-0.39, 0.29) is 11.8 Å². The average Bonchev–Trinajstić information content (AvgIpc) is 2.67. The second kappa shape index (κ2) is 8.48. The molecule has 0 aromatic carbocycles. The van der Waals surface area contributed by atoms with E-state index >= 15 is 0 Å². The lowest BCUT2D eigenvalue weighted by Crippen LogP contribution is -2.38. The number of likely N-dealkylation sites (tertiary alicyclic amines) is 1. The number of aromatic nitrogens is 4. The second-order valence-corrected chi connectivity index (χ2v) is 5.89. The molecule has 3 heterocycles. The number of nitrogens with zero attached hydrogens (tertiary/aromatic N) is 5. The van der Waals surface area contributed by atoms with Gasteiger partial charge in [0.05, 0.1) is 18.7 Å². The number of hydrogen-bond acceptors (Lipinski definition) is 7. The maximum absolute atomic E-state index is 12.1. The molecule has 132 valence electrons. The smallest absolute Gasteiger partial charge is 0.228 e. The number of rotatable bonds is 6. The van der Waals surface area contributed by atoms with Crippen molar-refractivity contribution < 1.29 is 9.53 Å². The van der Waals surface area contributed by atoms with Gasteiger partial charge in [-0.3, -0.25) is 9.78 Å². The van der Waals surface area contributed by atoms with Crippen LogP contribution in [-0.4, -0.2) is 57.5 Å². The molecule has 25 heavy (non-hydrogen) atoms. The van der Waals surface area contributed by atoms with Gasteiger partial charge in [-0.1, -0.05) is 0 Å². The number of anilines is 2. The van der Waals surface area contributed by atoms with Gasteiger partial charge in [-0.05, 0) is 18.9 Å². The van der Waals surface area contributed by atoms with Crippen LogP contribution in [0, 0.1) is 0 Å². The molecule has 0 atom stereocenters. The summed E-state index contributed by atoms with van der Waals surface area (Å²) in [6.07, 6.45) is 8.86. The number of methoxy groups -OCH3 is 1. The third kappa shape index (κ3) is 4.48. The summed E-state index contributed by atoms with van der Waals surface area (Å²) in [7, 11) is 1.61. The van der Waals surface area contributed by atoms with Crippen molar-refractivity contribution in [1.82, 2.24) is 24.8 Å². The molecule has 8 nitrogen and oxygen atoms in total. The molecule has 0 bridgehead atoms. The molecule has 1 aliphatic rings. The molecule has 1 aliphatic heterocycles. The van der Waals surface area contributed by atoms with Crippen LogP contribution in [0.1, 0.15) is 30.9 Å². The molecular weight excluding hydrogens is 320 g/mol. The first-order valence-electron chi connectivity index (χ1n) is 8.39. The molecule has 1 N–H and O–H groups in total. The van der Waals surface area contributed by atoms with E-state index in [2.05, 4.69) is 25.3 Å². The summed E-state index contributed by atoms with van der Waals surface area (Å²) >= 11 is 0. The van der Waals surface area contributed by atoms with E-state index < -0.39 is 0 Å². The number of amides is 1. The van der Waals surface area contributed by atoms with Crippen LogP contribution in [0.15, 0.2) is 30.9 Å². The molecule has 3 rings (SSSR count). The number of hydrogen-bond donors (Lipinski definition) is 1. The highest BCUT2D eigenvalue weighted by Crippen LogP contribution is 2.31. The number of carbonyl (C=O) groups is 1. The van der Waals surface area contributed by atoms with Gasteiger partial charge < -0.3 is 15.0 Å². The van der Waals surface area contributed by atoms with Gasteiger partial charge in [-0.2, -0.15) is 0 Å². The van der Waals surface area contributed by atoms with E-state index in [4.69, 9.17) is 4.74 Å². The maximum Gasteiger partial charge on any atom is 0.228 e. The third-order valence-electron chi connectivity index (χ3n) is 4.28. The molecule has 8 heteroatoms. The molecule has 2 aromatic heterocycles. The van der Waals surface area contributed by atoms with Crippen LogP contribution in [0.3, 0.4) is 0 Å². The quantitative estimate of drug-likeness (QED) is 0.855. The Hall–Kier alpha value is -2.61. The second-order valence-electron chi connectivity index (χ2n) is 5.89. The molecule has 0 radical (unpaired) electrons. The van der Waals surface area contributed by atoms with E-state index in [0.717, 1.165) is 31.6 Å². The Kier molecular flexibility index (Phi) is 5.84. The van der Waals surface area contributed by atoms with Crippen molar-refractivity contribution in [3.8, 4) is 0 Å². The third-order valence-corrected chi connectivity index (χ3v) is 4.28. The molecule has 1 saturated heterocycles. The zero-order chi connectivity index (χ0) is 17.5. The van der Waals surface area contributed by atoms with Crippen LogP contribution in [-0.2, 0) is 9.53 Å². The number of ether oxygens (including phenoxy) is 1. The summed E-state index contributed by atoms with van der Waals surface area (Å²) < 4.78 is 4.98. The van der Waals surface area contributed by atoms with Gasteiger partial charge in [0.2, 0.25) is 11.9 Å². The van der Waals surface area contributed by atoms with E-state index in [1.54, 1.807) is 38.0 Å².